The van der Waals surface area contributed by atoms with Crippen LogP contribution in [0, 0.1) is 13.8 Å². The summed E-state index contributed by atoms with van der Waals surface area (Å²) in [7, 11) is 0. The first kappa shape index (κ1) is 15.1. The lowest BCUT2D eigenvalue weighted by Gasteiger charge is -2.26. The predicted molar refractivity (Wildman–Crippen MR) is 97.3 cm³/mol. The number of aromatic nitrogens is 2. The van der Waals surface area contributed by atoms with Gasteiger partial charge in [0.25, 0.3) is 5.91 Å². The summed E-state index contributed by atoms with van der Waals surface area (Å²) in [6, 6.07) is 16.0. The van der Waals surface area contributed by atoms with E-state index in [0.29, 0.717) is 5.69 Å². The Bertz CT molecular complexity index is 913. The Balaban J connectivity index is 1.89. The van der Waals surface area contributed by atoms with E-state index in [1.807, 2.05) is 67.3 Å². The number of aryl methyl sites for hydroxylation is 2. The second-order valence-electron chi connectivity index (χ2n) is 6.08. The summed E-state index contributed by atoms with van der Waals surface area (Å²) >= 11 is 3.47. The molecule has 0 radical (unpaired) electrons. The molecule has 0 saturated carbocycles. The molecule has 5 heteroatoms. The maximum Gasteiger partial charge on any atom is 0.279 e. The number of hydrogen-bond donors (Lipinski definition) is 1. The minimum Gasteiger partial charge on any atom is -0.295 e. The summed E-state index contributed by atoms with van der Waals surface area (Å²) in [6.07, 6.45) is 0. The van der Waals surface area contributed by atoms with Gasteiger partial charge in [-0.25, -0.2) is 0 Å². The van der Waals surface area contributed by atoms with E-state index in [1.165, 1.54) is 5.56 Å². The number of H-pyrrole nitrogens is 1. The van der Waals surface area contributed by atoms with Crippen molar-refractivity contribution in [2.24, 2.45) is 0 Å². The molecule has 0 saturated heterocycles. The van der Waals surface area contributed by atoms with Gasteiger partial charge in [0.15, 0.2) is 5.69 Å². The van der Waals surface area contributed by atoms with Gasteiger partial charge < -0.3 is 0 Å². The molecule has 4 rings (SSSR count). The SMILES string of the molecule is Cc1ccc(N2C(=O)c3n[nH]c(C)c3[C@@H]2c2ccc(Br)cc2)cc1. The van der Waals surface area contributed by atoms with Crippen LogP contribution in [0.2, 0.25) is 0 Å². The van der Waals surface area contributed by atoms with Crippen molar-refractivity contribution in [3.63, 3.8) is 0 Å². The van der Waals surface area contributed by atoms with Gasteiger partial charge in [0.1, 0.15) is 0 Å². The Morgan fingerprint density at radius 1 is 1.04 bits per heavy atom. The fraction of sp³-hybridized carbons (Fsp3) is 0.158. The number of fused-ring (bicyclic) bond motifs is 1. The van der Waals surface area contributed by atoms with E-state index in [1.54, 1.807) is 0 Å². The predicted octanol–water partition coefficient (Wildman–Crippen LogP) is 4.54. The Morgan fingerprint density at radius 2 is 1.71 bits per heavy atom. The molecule has 24 heavy (non-hydrogen) atoms. The second-order valence-corrected chi connectivity index (χ2v) is 6.99. The zero-order valence-electron chi connectivity index (χ0n) is 13.4. The number of nitrogens with zero attached hydrogens (tertiary/aromatic N) is 2. The van der Waals surface area contributed by atoms with Crippen molar-refractivity contribution in [2.75, 3.05) is 4.90 Å². The topological polar surface area (TPSA) is 49.0 Å². The van der Waals surface area contributed by atoms with Gasteiger partial charge >= 0.3 is 0 Å². The van der Waals surface area contributed by atoms with E-state index < -0.39 is 0 Å². The monoisotopic (exact) mass is 381 g/mol. The van der Waals surface area contributed by atoms with Gasteiger partial charge in [-0.2, -0.15) is 5.10 Å². The number of halogens is 1. The summed E-state index contributed by atoms with van der Waals surface area (Å²) in [5, 5.41) is 7.19. The lowest BCUT2D eigenvalue weighted by atomic mass is 9.99. The summed E-state index contributed by atoms with van der Waals surface area (Å²) < 4.78 is 1.02. The van der Waals surface area contributed by atoms with Crippen LogP contribution in [0.15, 0.2) is 53.0 Å². The van der Waals surface area contributed by atoms with Crippen LogP contribution >= 0.6 is 15.9 Å². The van der Waals surface area contributed by atoms with Crippen molar-refractivity contribution in [1.29, 1.82) is 0 Å². The average molecular weight is 382 g/mol. The van der Waals surface area contributed by atoms with Crippen LogP contribution < -0.4 is 4.90 Å². The van der Waals surface area contributed by atoms with Crippen molar-refractivity contribution in [1.82, 2.24) is 10.2 Å². The lowest BCUT2D eigenvalue weighted by molar-refractivity contribution is 0.0988. The quantitative estimate of drug-likeness (QED) is 0.708. The average Bonchev–Trinajstić information content (AvgIpc) is 3.09. The van der Waals surface area contributed by atoms with Gasteiger partial charge in [0, 0.05) is 21.4 Å². The number of aromatic amines is 1. The zero-order valence-corrected chi connectivity index (χ0v) is 15.0. The van der Waals surface area contributed by atoms with Crippen LogP contribution in [0.25, 0.3) is 0 Å². The maximum absolute atomic E-state index is 13.0. The van der Waals surface area contributed by atoms with Crippen LogP contribution in [0.1, 0.15) is 38.9 Å². The largest absolute Gasteiger partial charge is 0.295 e. The molecule has 1 aliphatic heterocycles. The number of rotatable bonds is 2. The molecule has 0 aliphatic carbocycles. The molecular weight excluding hydrogens is 366 g/mol. The number of carbonyl (C=O) groups is 1. The molecule has 2 heterocycles. The molecule has 2 aromatic carbocycles. The van der Waals surface area contributed by atoms with Crippen LogP contribution in [0.3, 0.4) is 0 Å². The van der Waals surface area contributed by atoms with Gasteiger partial charge in [-0.05, 0) is 43.7 Å². The third kappa shape index (κ3) is 2.27. The van der Waals surface area contributed by atoms with Crippen molar-refractivity contribution in [3.8, 4) is 0 Å². The number of amides is 1. The summed E-state index contributed by atoms with van der Waals surface area (Å²) in [5.74, 6) is -0.0638. The first-order chi connectivity index (χ1) is 11.6. The first-order valence-corrected chi connectivity index (χ1v) is 8.56. The van der Waals surface area contributed by atoms with Gasteiger partial charge in [-0.15, -0.1) is 0 Å². The van der Waals surface area contributed by atoms with E-state index in [-0.39, 0.29) is 11.9 Å². The fourth-order valence-electron chi connectivity index (χ4n) is 3.23. The molecule has 3 aromatic rings. The maximum atomic E-state index is 13.0. The third-order valence-electron chi connectivity index (χ3n) is 4.45. The molecule has 1 N–H and O–H groups in total. The molecule has 1 aliphatic rings. The second kappa shape index (κ2) is 5.60. The molecule has 0 spiro atoms. The Labute approximate surface area is 148 Å². The molecule has 0 fully saturated rings. The Kier molecular flexibility index (Phi) is 3.53. The third-order valence-corrected chi connectivity index (χ3v) is 4.97. The molecule has 120 valence electrons. The smallest absolute Gasteiger partial charge is 0.279 e. The normalized spacial score (nSPS) is 16.5. The van der Waals surface area contributed by atoms with Crippen LogP contribution in [0.5, 0.6) is 0 Å². The number of benzene rings is 2. The van der Waals surface area contributed by atoms with Crippen molar-refractivity contribution in [3.05, 3.63) is 81.1 Å². The number of anilines is 1. The van der Waals surface area contributed by atoms with Gasteiger partial charge in [-0.1, -0.05) is 45.8 Å². The fourth-order valence-corrected chi connectivity index (χ4v) is 3.49. The minimum atomic E-state index is -0.165. The van der Waals surface area contributed by atoms with E-state index in [0.717, 1.165) is 27.0 Å². The molecule has 1 atom stereocenters. The van der Waals surface area contributed by atoms with Gasteiger partial charge in [0.2, 0.25) is 0 Å². The number of nitrogens with one attached hydrogen (secondary N) is 1. The minimum absolute atomic E-state index is 0.0638. The van der Waals surface area contributed by atoms with E-state index in [2.05, 4.69) is 26.1 Å². The highest BCUT2D eigenvalue weighted by Gasteiger charge is 2.42. The van der Waals surface area contributed by atoms with Gasteiger partial charge in [0.05, 0.1) is 6.04 Å². The molecule has 1 amide bonds. The summed E-state index contributed by atoms with van der Waals surface area (Å²) in [4.78, 5) is 14.8. The molecular formula is C19H16BrN3O. The molecule has 0 unspecified atom stereocenters. The van der Waals surface area contributed by atoms with Crippen LogP contribution in [-0.2, 0) is 0 Å². The van der Waals surface area contributed by atoms with Crippen molar-refractivity contribution >= 4 is 27.5 Å². The summed E-state index contributed by atoms with van der Waals surface area (Å²) in [6.45, 7) is 4.00. The number of carbonyl (C=O) groups excluding carboxylic acids is 1. The van der Waals surface area contributed by atoms with Crippen LogP contribution in [-0.4, -0.2) is 16.1 Å². The standard InChI is InChI=1S/C19H16BrN3O/c1-11-3-9-15(10-4-11)23-18(13-5-7-14(20)8-6-13)16-12(2)21-22-17(16)19(23)24/h3-10,18H,1-2H3,(H,21,22)/t18-/m0/s1. The highest BCUT2D eigenvalue weighted by atomic mass is 79.9. The highest BCUT2D eigenvalue weighted by molar-refractivity contribution is 9.10. The van der Waals surface area contributed by atoms with E-state index in [4.69, 9.17) is 0 Å². The molecule has 1 aromatic heterocycles. The Hall–Kier alpha value is -2.40. The number of hydrogen-bond acceptors (Lipinski definition) is 2. The van der Waals surface area contributed by atoms with Crippen molar-refractivity contribution < 1.29 is 4.79 Å². The Morgan fingerprint density at radius 3 is 2.38 bits per heavy atom. The van der Waals surface area contributed by atoms with E-state index in [9.17, 15) is 4.79 Å². The zero-order chi connectivity index (χ0) is 16.8. The lowest BCUT2D eigenvalue weighted by Crippen LogP contribution is -2.29. The van der Waals surface area contributed by atoms with Gasteiger partial charge in [-0.3, -0.25) is 14.8 Å². The van der Waals surface area contributed by atoms with Crippen LogP contribution in [0.4, 0.5) is 5.69 Å². The molecule has 4 nitrogen and oxygen atoms in total. The summed E-state index contributed by atoms with van der Waals surface area (Å²) in [5.41, 5.74) is 5.52. The highest BCUT2D eigenvalue weighted by Crippen LogP contribution is 2.42. The molecule has 0 bridgehead atoms. The van der Waals surface area contributed by atoms with Crippen molar-refractivity contribution in [2.45, 2.75) is 19.9 Å². The van der Waals surface area contributed by atoms with E-state index >= 15 is 0 Å². The first-order valence-electron chi connectivity index (χ1n) is 7.77.